The van der Waals surface area contributed by atoms with Crippen LogP contribution in [0.25, 0.3) is 0 Å². The largest absolute Gasteiger partial charge is 0.387 e. The number of nitrogens with one attached hydrogen (secondary N) is 2. The molecule has 22 heavy (non-hydrogen) atoms. The van der Waals surface area contributed by atoms with Crippen molar-refractivity contribution in [2.24, 2.45) is 4.99 Å². The molecule has 3 aliphatic rings. The van der Waals surface area contributed by atoms with E-state index < -0.39 is 5.60 Å². The van der Waals surface area contributed by atoms with Crippen LogP contribution in [0.2, 0.25) is 0 Å². The van der Waals surface area contributed by atoms with Gasteiger partial charge in [-0.05, 0) is 44.8 Å². The van der Waals surface area contributed by atoms with Crippen LogP contribution >= 0.6 is 11.8 Å². The number of hydrogen-bond acceptors (Lipinski definition) is 4. The summed E-state index contributed by atoms with van der Waals surface area (Å²) < 4.78 is 5.89. The number of ether oxygens (including phenoxy) is 1. The second-order valence-corrected chi connectivity index (χ2v) is 8.12. The summed E-state index contributed by atoms with van der Waals surface area (Å²) in [6.45, 7) is 5.54. The Hall–Kier alpha value is -0.460. The van der Waals surface area contributed by atoms with Crippen LogP contribution < -0.4 is 10.6 Å². The number of guanidine groups is 1. The summed E-state index contributed by atoms with van der Waals surface area (Å²) in [5.74, 6) is 1.88. The van der Waals surface area contributed by atoms with Crippen LogP contribution in [0.15, 0.2) is 4.99 Å². The van der Waals surface area contributed by atoms with Gasteiger partial charge in [-0.3, -0.25) is 4.99 Å². The first kappa shape index (κ1) is 16.4. The molecule has 0 radical (unpaired) electrons. The molecule has 3 rings (SSSR count). The van der Waals surface area contributed by atoms with Gasteiger partial charge in [-0.25, -0.2) is 0 Å². The van der Waals surface area contributed by atoms with Gasteiger partial charge in [0, 0.05) is 11.8 Å². The van der Waals surface area contributed by atoms with Crippen molar-refractivity contribution in [2.45, 2.75) is 75.1 Å². The van der Waals surface area contributed by atoms with Crippen molar-refractivity contribution in [3.05, 3.63) is 0 Å². The summed E-state index contributed by atoms with van der Waals surface area (Å²) in [6.07, 6.45) is 6.18. The third kappa shape index (κ3) is 3.39. The van der Waals surface area contributed by atoms with Gasteiger partial charge in [0.1, 0.15) is 0 Å². The Bertz CT molecular complexity index is 420. The molecule has 2 bridgehead atoms. The smallest absolute Gasteiger partial charge is 0.191 e. The van der Waals surface area contributed by atoms with Gasteiger partial charge in [0.25, 0.3) is 0 Å². The van der Waals surface area contributed by atoms with Gasteiger partial charge in [0.05, 0.1) is 30.4 Å². The molecule has 0 spiro atoms. The Labute approximate surface area is 137 Å². The van der Waals surface area contributed by atoms with Gasteiger partial charge in [-0.15, -0.1) is 0 Å². The van der Waals surface area contributed by atoms with Crippen LogP contribution in [-0.4, -0.2) is 59.0 Å². The van der Waals surface area contributed by atoms with E-state index in [-0.39, 0.29) is 0 Å². The zero-order chi connectivity index (χ0) is 15.6. The molecule has 126 valence electrons. The molecular formula is C16H29N3O2S. The molecule has 5 atom stereocenters. The van der Waals surface area contributed by atoms with Crippen LogP contribution in [-0.2, 0) is 4.74 Å². The molecule has 0 amide bonds. The number of aliphatic imine (C=N–C) groups is 1. The first-order valence-corrected chi connectivity index (χ1v) is 9.73. The summed E-state index contributed by atoms with van der Waals surface area (Å²) >= 11 is 1.85. The van der Waals surface area contributed by atoms with E-state index in [9.17, 15) is 5.11 Å². The van der Waals surface area contributed by atoms with Crippen LogP contribution in [0, 0.1) is 0 Å². The molecular weight excluding hydrogens is 298 g/mol. The maximum Gasteiger partial charge on any atom is 0.191 e. The van der Waals surface area contributed by atoms with Crippen molar-refractivity contribution < 1.29 is 9.84 Å². The quantitative estimate of drug-likeness (QED) is 0.510. The molecule has 0 aromatic carbocycles. The molecule has 6 heteroatoms. The molecule has 3 fully saturated rings. The van der Waals surface area contributed by atoms with Gasteiger partial charge >= 0.3 is 0 Å². The molecule has 2 saturated heterocycles. The lowest BCUT2D eigenvalue weighted by atomic mass is 9.79. The number of aliphatic hydroxyl groups is 1. The van der Waals surface area contributed by atoms with E-state index in [1.165, 1.54) is 6.42 Å². The number of rotatable bonds is 6. The normalized spacial score (nSPS) is 40.6. The average molecular weight is 327 g/mol. The molecule has 1 aliphatic carbocycles. The summed E-state index contributed by atoms with van der Waals surface area (Å²) in [6, 6.07) is 0.369. The van der Waals surface area contributed by atoms with Crippen molar-refractivity contribution in [1.82, 2.24) is 10.6 Å². The maximum absolute atomic E-state index is 10.7. The fraction of sp³-hybridized carbons (Fsp3) is 0.938. The van der Waals surface area contributed by atoms with E-state index in [0.29, 0.717) is 30.0 Å². The Morgan fingerprint density at radius 2 is 2.23 bits per heavy atom. The monoisotopic (exact) mass is 327 g/mol. The molecule has 2 heterocycles. The third-order valence-electron chi connectivity index (χ3n) is 5.09. The van der Waals surface area contributed by atoms with Crippen molar-refractivity contribution in [3.8, 4) is 0 Å². The van der Waals surface area contributed by atoms with Crippen molar-refractivity contribution in [1.29, 1.82) is 0 Å². The lowest BCUT2D eigenvalue weighted by molar-refractivity contribution is -0.0154. The van der Waals surface area contributed by atoms with Crippen LogP contribution in [0.4, 0.5) is 0 Å². The molecule has 1 saturated carbocycles. The predicted octanol–water partition coefficient (Wildman–Crippen LogP) is 1.51. The standard InChI is InChI=1S/C16H29N3O2S/c1-3-17-15(19-12-9-11-5-6-13(12)21-11)18-10-16(20)8-7-14(16)22-4-2/h11-14,20H,3-10H2,1-2H3,(H2,17,18,19). The zero-order valence-electron chi connectivity index (χ0n) is 13.7. The predicted molar refractivity (Wildman–Crippen MR) is 91.5 cm³/mol. The summed E-state index contributed by atoms with van der Waals surface area (Å²) in [4.78, 5) is 4.66. The lowest BCUT2D eigenvalue weighted by Crippen LogP contribution is -2.53. The van der Waals surface area contributed by atoms with E-state index in [0.717, 1.165) is 43.9 Å². The minimum atomic E-state index is -0.617. The minimum absolute atomic E-state index is 0.337. The van der Waals surface area contributed by atoms with Gasteiger partial charge in [0.2, 0.25) is 0 Å². The second kappa shape index (κ2) is 6.97. The van der Waals surface area contributed by atoms with E-state index in [4.69, 9.17) is 4.74 Å². The van der Waals surface area contributed by atoms with Gasteiger partial charge in [-0.1, -0.05) is 6.92 Å². The molecule has 5 nitrogen and oxygen atoms in total. The minimum Gasteiger partial charge on any atom is -0.387 e. The highest BCUT2D eigenvalue weighted by molar-refractivity contribution is 8.00. The number of fused-ring (bicyclic) bond motifs is 2. The van der Waals surface area contributed by atoms with E-state index in [1.54, 1.807) is 0 Å². The zero-order valence-corrected chi connectivity index (χ0v) is 14.5. The van der Waals surface area contributed by atoms with E-state index >= 15 is 0 Å². The molecule has 5 unspecified atom stereocenters. The summed E-state index contributed by atoms with van der Waals surface area (Å²) in [7, 11) is 0. The van der Waals surface area contributed by atoms with Gasteiger partial charge in [-0.2, -0.15) is 11.8 Å². The first-order valence-electron chi connectivity index (χ1n) is 8.69. The highest BCUT2D eigenvalue weighted by Crippen LogP contribution is 2.41. The third-order valence-corrected chi connectivity index (χ3v) is 6.50. The van der Waals surface area contributed by atoms with Crippen molar-refractivity contribution in [2.75, 3.05) is 18.8 Å². The van der Waals surface area contributed by atoms with Crippen molar-refractivity contribution in [3.63, 3.8) is 0 Å². The number of thioether (sulfide) groups is 1. The van der Waals surface area contributed by atoms with Gasteiger partial charge < -0.3 is 20.5 Å². The van der Waals surface area contributed by atoms with Crippen LogP contribution in [0.5, 0.6) is 0 Å². The SMILES string of the molecule is CCNC(=NCC1(O)CCC1SCC)NC1CC2CCC1O2. The maximum atomic E-state index is 10.7. The Morgan fingerprint density at radius 3 is 2.77 bits per heavy atom. The van der Waals surface area contributed by atoms with Crippen LogP contribution in [0.1, 0.15) is 46.0 Å². The summed E-state index contributed by atoms with van der Waals surface area (Å²) in [5, 5.41) is 17.8. The average Bonchev–Trinajstić information content (AvgIpc) is 3.12. The van der Waals surface area contributed by atoms with E-state index in [2.05, 4.69) is 29.5 Å². The first-order chi connectivity index (χ1) is 10.6. The topological polar surface area (TPSA) is 65.9 Å². The lowest BCUT2D eigenvalue weighted by Gasteiger charge is -2.44. The molecule has 0 aromatic heterocycles. The second-order valence-electron chi connectivity index (χ2n) is 6.64. The number of nitrogens with zero attached hydrogens (tertiary/aromatic N) is 1. The number of hydrogen-bond donors (Lipinski definition) is 3. The van der Waals surface area contributed by atoms with Gasteiger partial charge in [0.15, 0.2) is 5.96 Å². The van der Waals surface area contributed by atoms with Crippen LogP contribution in [0.3, 0.4) is 0 Å². The fourth-order valence-electron chi connectivity index (χ4n) is 3.72. The Kier molecular flexibility index (Phi) is 5.20. The van der Waals surface area contributed by atoms with Crippen molar-refractivity contribution >= 4 is 17.7 Å². The summed E-state index contributed by atoms with van der Waals surface area (Å²) in [5.41, 5.74) is -0.617. The van der Waals surface area contributed by atoms with E-state index in [1.807, 2.05) is 11.8 Å². The highest BCUT2D eigenvalue weighted by atomic mass is 32.2. The molecule has 3 N–H and O–H groups in total. The highest BCUT2D eigenvalue weighted by Gasteiger charge is 2.45. The molecule has 0 aromatic rings. The fourth-order valence-corrected chi connectivity index (χ4v) is 4.91. The Balaban J connectivity index is 1.56. The molecule has 2 aliphatic heterocycles. The Morgan fingerprint density at radius 1 is 1.36 bits per heavy atom.